The van der Waals surface area contributed by atoms with Crippen LogP contribution in [0.2, 0.25) is 4.34 Å². The van der Waals surface area contributed by atoms with Crippen molar-refractivity contribution in [1.29, 1.82) is 0 Å². The summed E-state index contributed by atoms with van der Waals surface area (Å²) in [7, 11) is 0. The van der Waals surface area contributed by atoms with Crippen LogP contribution in [0.3, 0.4) is 0 Å². The molecule has 0 radical (unpaired) electrons. The number of aromatic nitrogens is 2. The van der Waals surface area contributed by atoms with Crippen molar-refractivity contribution in [3.8, 4) is 10.6 Å². The predicted molar refractivity (Wildman–Crippen MR) is 93.3 cm³/mol. The van der Waals surface area contributed by atoms with Crippen LogP contribution in [-0.4, -0.2) is 9.97 Å². The van der Waals surface area contributed by atoms with Gasteiger partial charge in [-0.15, -0.1) is 22.7 Å². The largest absolute Gasteiger partial charge is 0.307 e. The topological polar surface area (TPSA) is 37.8 Å². The summed E-state index contributed by atoms with van der Waals surface area (Å²) in [5.41, 5.74) is 1.66. The Balaban J connectivity index is 1.61. The maximum absolute atomic E-state index is 13.2. The zero-order chi connectivity index (χ0) is 15.1. The Morgan fingerprint density at radius 3 is 2.77 bits per heavy atom. The van der Waals surface area contributed by atoms with Crippen molar-refractivity contribution in [3.05, 3.63) is 45.9 Å². The lowest BCUT2D eigenvalue weighted by Crippen LogP contribution is -1.87. The number of hydrogen-bond acceptors (Lipinski definition) is 6. The molecule has 0 saturated carbocycles. The van der Waals surface area contributed by atoms with Gasteiger partial charge in [0, 0.05) is 5.38 Å². The van der Waals surface area contributed by atoms with E-state index in [1.165, 1.54) is 46.1 Å². The summed E-state index contributed by atoms with van der Waals surface area (Å²) >= 11 is 10.3. The second-order valence-electron chi connectivity index (χ2n) is 4.40. The van der Waals surface area contributed by atoms with Crippen LogP contribution in [0.1, 0.15) is 0 Å². The summed E-state index contributed by atoms with van der Waals surface area (Å²) in [6.45, 7) is 0. The molecule has 0 aliphatic rings. The van der Waals surface area contributed by atoms with E-state index in [0.29, 0.717) is 5.13 Å². The summed E-state index contributed by atoms with van der Waals surface area (Å²) in [5.74, 6) is -0.256. The third-order valence-corrected chi connectivity index (χ3v) is 5.84. The lowest BCUT2D eigenvalue weighted by Gasteiger charge is -1.94. The number of halogens is 2. The van der Waals surface area contributed by atoms with E-state index in [0.717, 1.165) is 30.3 Å². The first-order valence-corrected chi connectivity index (χ1v) is 9.11. The molecule has 0 bridgehead atoms. The molecule has 22 heavy (non-hydrogen) atoms. The van der Waals surface area contributed by atoms with Crippen LogP contribution in [0.4, 0.5) is 14.7 Å². The minimum atomic E-state index is -0.256. The summed E-state index contributed by atoms with van der Waals surface area (Å²) in [5, 5.41) is 6.59. The minimum Gasteiger partial charge on any atom is -0.307 e. The zero-order valence-corrected chi connectivity index (χ0v) is 14.0. The van der Waals surface area contributed by atoms with Crippen LogP contribution in [0.25, 0.3) is 20.8 Å². The quantitative estimate of drug-likeness (QED) is 0.481. The van der Waals surface area contributed by atoms with E-state index in [1.54, 1.807) is 6.07 Å². The lowest BCUT2D eigenvalue weighted by molar-refractivity contribution is 0.630. The Kier molecular flexibility index (Phi) is 3.57. The standard InChI is InChI=1S/C14H7ClFN3S3/c15-12-4-3-10(21-12)9-6-20-13(18-9)19-14-17-8-2-1-7(16)5-11(8)22-14/h1-6H,(H,17,18,19). The fourth-order valence-electron chi connectivity index (χ4n) is 1.94. The number of anilines is 2. The smallest absolute Gasteiger partial charge is 0.190 e. The number of nitrogens with zero attached hydrogens (tertiary/aromatic N) is 2. The fraction of sp³-hybridized carbons (Fsp3) is 0. The van der Waals surface area contributed by atoms with Gasteiger partial charge in [0.15, 0.2) is 10.3 Å². The summed E-state index contributed by atoms with van der Waals surface area (Å²) < 4.78 is 14.8. The van der Waals surface area contributed by atoms with Gasteiger partial charge in [0.1, 0.15) is 5.82 Å². The number of fused-ring (bicyclic) bond motifs is 1. The molecule has 3 heterocycles. The van der Waals surface area contributed by atoms with Crippen LogP contribution in [0, 0.1) is 5.82 Å². The zero-order valence-electron chi connectivity index (χ0n) is 10.8. The van der Waals surface area contributed by atoms with Crippen LogP contribution in [-0.2, 0) is 0 Å². The van der Waals surface area contributed by atoms with Crippen LogP contribution in [0.15, 0.2) is 35.7 Å². The van der Waals surface area contributed by atoms with Crippen molar-refractivity contribution in [2.45, 2.75) is 0 Å². The molecule has 0 amide bonds. The van der Waals surface area contributed by atoms with Crippen molar-refractivity contribution >= 4 is 66.1 Å². The van der Waals surface area contributed by atoms with E-state index in [4.69, 9.17) is 11.6 Å². The van der Waals surface area contributed by atoms with E-state index < -0.39 is 0 Å². The first kappa shape index (κ1) is 14.1. The molecule has 4 rings (SSSR count). The van der Waals surface area contributed by atoms with Crippen molar-refractivity contribution in [2.24, 2.45) is 0 Å². The van der Waals surface area contributed by atoms with Crippen LogP contribution in [0.5, 0.6) is 0 Å². The van der Waals surface area contributed by atoms with Crippen molar-refractivity contribution < 1.29 is 4.39 Å². The number of benzene rings is 1. The van der Waals surface area contributed by atoms with Gasteiger partial charge in [0.2, 0.25) is 0 Å². The molecule has 110 valence electrons. The molecule has 3 nitrogen and oxygen atoms in total. The van der Waals surface area contributed by atoms with Crippen LogP contribution < -0.4 is 5.32 Å². The molecule has 0 unspecified atom stereocenters. The molecule has 8 heteroatoms. The van der Waals surface area contributed by atoms with Crippen molar-refractivity contribution in [2.75, 3.05) is 5.32 Å². The van der Waals surface area contributed by atoms with Gasteiger partial charge in [-0.3, -0.25) is 0 Å². The highest BCUT2D eigenvalue weighted by Crippen LogP contribution is 2.35. The molecule has 0 atom stereocenters. The second kappa shape index (κ2) is 5.58. The van der Waals surface area contributed by atoms with Gasteiger partial charge >= 0.3 is 0 Å². The normalized spacial score (nSPS) is 11.2. The predicted octanol–water partition coefficient (Wildman–Crippen LogP) is 6.02. The first-order valence-electron chi connectivity index (χ1n) is 6.22. The second-order valence-corrected chi connectivity index (χ2v) is 8.00. The Labute approximate surface area is 142 Å². The molecular formula is C14H7ClFN3S3. The summed E-state index contributed by atoms with van der Waals surface area (Å²) in [6.07, 6.45) is 0. The highest BCUT2D eigenvalue weighted by atomic mass is 35.5. The molecule has 3 aromatic heterocycles. The van der Waals surface area contributed by atoms with E-state index in [9.17, 15) is 4.39 Å². The monoisotopic (exact) mass is 367 g/mol. The third kappa shape index (κ3) is 2.72. The fourth-order valence-corrected chi connectivity index (χ4v) is 4.68. The molecule has 0 spiro atoms. The SMILES string of the molecule is Fc1ccc2nc(Nc3nc(-c4ccc(Cl)s4)cs3)sc2c1. The minimum absolute atomic E-state index is 0.256. The highest BCUT2D eigenvalue weighted by molar-refractivity contribution is 7.22. The molecule has 1 aromatic carbocycles. The number of thiazole rings is 2. The molecule has 0 aliphatic carbocycles. The van der Waals surface area contributed by atoms with Crippen molar-refractivity contribution in [3.63, 3.8) is 0 Å². The number of rotatable bonds is 3. The molecule has 4 aromatic rings. The van der Waals surface area contributed by atoms with Gasteiger partial charge < -0.3 is 5.32 Å². The molecule has 0 saturated heterocycles. The molecular weight excluding hydrogens is 361 g/mol. The van der Waals surface area contributed by atoms with E-state index in [-0.39, 0.29) is 5.82 Å². The van der Waals surface area contributed by atoms with Gasteiger partial charge in [-0.25, -0.2) is 14.4 Å². The maximum atomic E-state index is 13.2. The van der Waals surface area contributed by atoms with E-state index >= 15 is 0 Å². The summed E-state index contributed by atoms with van der Waals surface area (Å²) in [6, 6.07) is 8.38. The Morgan fingerprint density at radius 2 is 1.95 bits per heavy atom. The average molecular weight is 368 g/mol. The van der Waals surface area contributed by atoms with Gasteiger partial charge in [-0.2, -0.15) is 0 Å². The van der Waals surface area contributed by atoms with Gasteiger partial charge in [0.25, 0.3) is 0 Å². The van der Waals surface area contributed by atoms with Gasteiger partial charge in [-0.1, -0.05) is 22.9 Å². The third-order valence-electron chi connectivity index (χ3n) is 2.89. The van der Waals surface area contributed by atoms with Crippen molar-refractivity contribution in [1.82, 2.24) is 9.97 Å². The summed E-state index contributed by atoms with van der Waals surface area (Å²) in [4.78, 5) is 9.98. The highest BCUT2D eigenvalue weighted by Gasteiger charge is 2.10. The maximum Gasteiger partial charge on any atom is 0.190 e. The molecule has 0 aliphatic heterocycles. The number of nitrogens with one attached hydrogen (secondary N) is 1. The van der Waals surface area contributed by atoms with E-state index in [2.05, 4.69) is 15.3 Å². The van der Waals surface area contributed by atoms with E-state index in [1.807, 2.05) is 17.5 Å². The average Bonchev–Trinajstić information content (AvgIpc) is 3.18. The Bertz CT molecular complexity index is 959. The van der Waals surface area contributed by atoms with Crippen LogP contribution >= 0.6 is 45.6 Å². The number of thiophene rings is 1. The van der Waals surface area contributed by atoms with Gasteiger partial charge in [0.05, 0.1) is 25.1 Å². The first-order chi connectivity index (χ1) is 10.7. The molecule has 0 fully saturated rings. The Morgan fingerprint density at radius 1 is 1.05 bits per heavy atom. The Hall–Kier alpha value is -1.54. The number of hydrogen-bond donors (Lipinski definition) is 1. The molecule has 1 N–H and O–H groups in total. The lowest BCUT2D eigenvalue weighted by atomic mass is 10.3. The van der Waals surface area contributed by atoms with Gasteiger partial charge in [-0.05, 0) is 30.3 Å².